The first kappa shape index (κ1) is 18.5. The number of ether oxygens (including phenoxy) is 3. The minimum absolute atomic E-state index is 0.0157. The highest BCUT2D eigenvalue weighted by atomic mass is 19.1. The van der Waals surface area contributed by atoms with E-state index >= 15 is 0 Å². The summed E-state index contributed by atoms with van der Waals surface area (Å²) in [5, 5.41) is 0. The van der Waals surface area contributed by atoms with Gasteiger partial charge in [-0.15, -0.1) is 0 Å². The summed E-state index contributed by atoms with van der Waals surface area (Å²) in [6.45, 7) is 0. The summed E-state index contributed by atoms with van der Waals surface area (Å²) in [6.07, 6.45) is -0.0434. The Labute approximate surface area is 146 Å². The van der Waals surface area contributed by atoms with Crippen molar-refractivity contribution in [3.63, 3.8) is 0 Å². The van der Waals surface area contributed by atoms with Gasteiger partial charge in [-0.1, -0.05) is 24.3 Å². The van der Waals surface area contributed by atoms with Gasteiger partial charge in [-0.2, -0.15) is 0 Å². The van der Waals surface area contributed by atoms with Crippen LogP contribution in [0.15, 0.2) is 54.4 Å². The summed E-state index contributed by atoms with van der Waals surface area (Å²) in [4.78, 5) is 11.3. The zero-order valence-electron chi connectivity index (χ0n) is 14.5. The number of halogens is 1. The minimum atomic E-state index is -0.445. The third-order valence-electron chi connectivity index (χ3n) is 3.80. The normalized spacial score (nSPS) is 10.1. The molecule has 0 saturated carbocycles. The Hall–Kier alpha value is -2.82. The van der Waals surface area contributed by atoms with Crippen LogP contribution in [0.1, 0.15) is 24.0 Å². The van der Waals surface area contributed by atoms with E-state index < -0.39 is 5.97 Å². The van der Waals surface area contributed by atoms with Gasteiger partial charge in [-0.3, -0.25) is 4.79 Å². The maximum atomic E-state index is 14.9. The number of rotatable bonds is 7. The highest BCUT2D eigenvalue weighted by Crippen LogP contribution is 2.32. The number of esters is 1. The van der Waals surface area contributed by atoms with Crippen LogP contribution in [0.5, 0.6) is 11.5 Å². The molecule has 0 radical (unpaired) electrons. The van der Waals surface area contributed by atoms with Gasteiger partial charge in [-0.25, -0.2) is 4.39 Å². The zero-order valence-corrected chi connectivity index (χ0v) is 14.5. The molecular formula is C20H21FO4. The van der Waals surface area contributed by atoms with Crippen LogP contribution in [-0.4, -0.2) is 27.3 Å². The topological polar surface area (TPSA) is 44.8 Å². The van der Waals surface area contributed by atoms with E-state index in [9.17, 15) is 9.18 Å². The monoisotopic (exact) mass is 344 g/mol. The molecule has 0 aromatic heterocycles. The van der Waals surface area contributed by atoms with Crippen molar-refractivity contribution in [1.29, 1.82) is 0 Å². The Bertz CT molecular complexity index is 684. The molecule has 2 aromatic carbocycles. The number of benzene rings is 2. The summed E-state index contributed by atoms with van der Waals surface area (Å²) in [7, 11) is 4.44. The standard InChI is InChI=1S/C20H21FO4/c1-23-16-8-4-14(5-9-16)20(18(21)12-13-19(22)25-3)15-6-10-17(24-2)11-7-15/h4-11H,12-13H2,1-3H3. The lowest BCUT2D eigenvalue weighted by molar-refractivity contribution is -0.140. The first-order chi connectivity index (χ1) is 12.1. The van der Waals surface area contributed by atoms with Crippen LogP contribution in [-0.2, 0) is 9.53 Å². The van der Waals surface area contributed by atoms with E-state index in [0.29, 0.717) is 28.2 Å². The molecule has 2 aromatic rings. The van der Waals surface area contributed by atoms with Gasteiger partial charge in [0.1, 0.15) is 17.3 Å². The Balaban J connectivity index is 2.43. The van der Waals surface area contributed by atoms with E-state index in [2.05, 4.69) is 4.74 Å². The van der Waals surface area contributed by atoms with Crippen molar-refractivity contribution >= 4 is 11.5 Å². The van der Waals surface area contributed by atoms with E-state index in [4.69, 9.17) is 9.47 Å². The van der Waals surface area contributed by atoms with Crippen LogP contribution in [0, 0.1) is 0 Å². The van der Waals surface area contributed by atoms with Gasteiger partial charge >= 0.3 is 5.97 Å². The van der Waals surface area contributed by atoms with Gasteiger partial charge < -0.3 is 14.2 Å². The fourth-order valence-electron chi connectivity index (χ4n) is 2.43. The molecule has 0 saturated heterocycles. The Kier molecular flexibility index (Phi) is 6.57. The Morgan fingerprint density at radius 1 is 0.800 bits per heavy atom. The molecule has 0 bridgehead atoms. The second kappa shape index (κ2) is 8.87. The van der Waals surface area contributed by atoms with Crippen LogP contribution in [0.2, 0.25) is 0 Å². The summed E-state index contributed by atoms with van der Waals surface area (Å²) in [6, 6.07) is 14.2. The molecule has 25 heavy (non-hydrogen) atoms. The Morgan fingerprint density at radius 2 is 1.24 bits per heavy atom. The average Bonchev–Trinajstić information content (AvgIpc) is 2.67. The van der Waals surface area contributed by atoms with Gasteiger partial charge in [0, 0.05) is 12.0 Å². The summed E-state index contributed by atoms with van der Waals surface area (Å²) < 4.78 is 29.8. The van der Waals surface area contributed by atoms with Crippen LogP contribution >= 0.6 is 0 Å². The van der Waals surface area contributed by atoms with E-state index in [-0.39, 0.29) is 18.7 Å². The van der Waals surface area contributed by atoms with Crippen LogP contribution in [0.4, 0.5) is 4.39 Å². The quantitative estimate of drug-likeness (QED) is 0.699. The molecule has 0 unspecified atom stereocenters. The smallest absolute Gasteiger partial charge is 0.305 e. The number of methoxy groups -OCH3 is 3. The maximum absolute atomic E-state index is 14.9. The van der Waals surface area contributed by atoms with Gasteiger partial charge in [0.05, 0.1) is 27.8 Å². The third kappa shape index (κ3) is 4.83. The summed E-state index contributed by atoms with van der Waals surface area (Å²) >= 11 is 0. The van der Waals surface area contributed by atoms with Crippen molar-refractivity contribution in [2.45, 2.75) is 12.8 Å². The molecule has 0 heterocycles. The third-order valence-corrected chi connectivity index (χ3v) is 3.80. The molecule has 0 spiro atoms. The molecule has 0 aliphatic carbocycles. The molecule has 0 N–H and O–H groups in total. The van der Waals surface area contributed by atoms with Crippen LogP contribution in [0.3, 0.4) is 0 Å². The number of hydrogen-bond acceptors (Lipinski definition) is 4. The molecular weight excluding hydrogens is 323 g/mol. The van der Waals surface area contributed by atoms with E-state index in [1.165, 1.54) is 7.11 Å². The lowest BCUT2D eigenvalue weighted by Crippen LogP contribution is -2.01. The lowest BCUT2D eigenvalue weighted by atomic mass is 9.95. The van der Waals surface area contributed by atoms with E-state index in [1.807, 2.05) is 0 Å². The molecule has 2 rings (SSSR count). The number of carbonyl (C=O) groups is 1. The fraction of sp³-hybridized carbons (Fsp3) is 0.250. The molecule has 132 valence electrons. The Morgan fingerprint density at radius 3 is 1.60 bits per heavy atom. The van der Waals surface area contributed by atoms with Crippen molar-refractivity contribution in [2.75, 3.05) is 21.3 Å². The molecule has 5 heteroatoms. The first-order valence-corrected chi connectivity index (χ1v) is 7.83. The van der Waals surface area contributed by atoms with Gasteiger partial charge in [0.15, 0.2) is 0 Å². The SMILES string of the molecule is COC(=O)CCC(F)=C(c1ccc(OC)cc1)c1ccc(OC)cc1. The van der Waals surface area contributed by atoms with Gasteiger partial charge in [0.25, 0.3) is 0 Å². The number of carbonyl (C=O) groups excluding carboxylic acids is 1. The maximum Gasteiger partial charge on any atom is 0.305 e. The predicted octanol–water partition coefficient (Wildman–Crippen LogP) is 4.39. The average molecular weight is 344 g/mol. The van der Waals surface area contributed by atoms with E-state index in [0.717, 1.165) is 0 Å². The van der Waals surface area contributed by atoms with Gasteiger partial charge in [-0.05, 0) is 35.4 Å². The molecule has 0 aliphatic heterocycles. The molecule has 0 fully saturated rings. The second-order valence-electron chi connectivity index (χ2n) is 5.31. The second-order valence-corrected chi connectivity index (χ2v) is 5.31. The van der Waals surface area contributed by atoms with Crippen molar-refractivity contribution in [1.82, 2.24) is 0 Å². The number of hydrogen-bond donors (Lipinski definition) is 0. The molecule has 0 atom stereocenters. The van der Waals surface area contributed by atoms with Crippen molar-refractivity contribution in [2.24, 2.45) is 0 Å². The van der Waals surface area contributed by atoms with Crippen LogP contribution in [0.25, 0.3) is 5.57 Å². The fourth-order valence-corrected chi connectivity index (χ4v) is 2.43. The predicted molar refractivity (Wildman–Crippen MR) is 94.4 cm³/mol. The van der Waals surface area contributed by atoms with Gasteiger partial charge in [0.2, 0.25) is 0 Å². The molecule has 0 amide bonds. The summed E-state index contributed by atoms with van der Waals surface area (Å²) in [5.74, 6) is 0.556. The largest absolute Gasteiger partial charge is 0.497 e. The lowest BCUT2D eigenvalue weighted by Gasteiger charge is -2.12. The zero-order chi connectivity index (χ0) is 18.2. The summed E-state index contributed by atoms with van der Waals surface area (Å²) in [5.41, 5.74) is 1.84. The van der Waals surface area contributed by atoms with Crippen molar-refractivity contribution in [3.8, 4) is 11.5 Å². The molecule has 0 aliphatic rings. The number of allylic oxidation sites excluding steroid dienone is 1. The highest BCUT2D eigenvalue weighted by molar-refractivity contribution is 5.82. The van der Waals surface area contributed by atoms with E-state index in [1.54, 1.807) is 62.8 Å². The highest BCUT2D eigenvalue weighted by Gasteiger charge is 2.14. The first-order valence-electron chi connectivity index (χ1n) is 7.83. The van der Waals surface area contributed by atoms with Crippen molar-refractivity contribution < 1.29 is 23.4 Å². The molecule has 4 nitrogen and oxygen atoms in total. The minimum Gasteiger partial charge on any atom is -0.497 e. The van der Waals surface area contributed by atoms with Crippen molar-refractivity contribution in [3.05, 3.63) is 65.5 Å². The van der Waals surface area contributed by atoms with Crippen LogP contribution < -0.4 is 9.47 Å².